The van der Waals surface area contributed by atoms with Crippen LogP contribution in [0, 0.1) is 15.5 Å². The first-order valence-corrected chi connectivity index (χ1v) is 11.2. The van der Waals surface area contributed by atoms with Gasteiger partial charge >= 0.3 is 5.69 Å². The Morgan fingerprint density at radius 3 is 2.75 bits per heavy atom. The summed E-state index contributed by atoms with van der Waals surface area (Å²) in [6.45, 7) is 3.84. The highest BCUT2D eigenvalue weighted by Gasteiger charge is 2.45. The van der Waals surface area contributed by atoms with Crippen molar-refractivity contribution in [1.82, 2.24) is 9.97 Å². The second-order valence-electron chi connectivity index (χ2n) is 8.72. The van der Waals surface area contributed by atoms with Crippen molar-refractivity contribution >= 4 is 29.1 Å². The molecule has 10 nitrogen and oxygen atoms in total. The molecule has 0 spiro atoms. The molecule has 5 rings (SSSR count). The fourth-order valence-corrected chi connectivity index (χ4v) is 5.07. The van der Waals surface area contributed by atoms with Crippen LogP contribution in [-0.2, 0) is 4.79 Å². The lowest BCUT2D eigenvalue weighted by Gasteiger charge is -2.38. The Bertz CT molecular complexity index is 1280. The molecule has 3 heterocycles. The van der Waals surface area contributed by atoms with Gasteiger partial charge in [0, 0.05) is 23.3 Å². The first-order valence-electron chi connectivity index (χ1n) is 9.98. The first kappa shape index (κ1) is 20.6. The summed E-state index contributed by atoms with van der Waals surface area (Å²) in [5, 5.41) is 15.7. The van der Waals surface area contributed by atoms with Crippen molar-refractivity contribution in [1.29, 1.82) is 0 Å². The molecule has 0 saturated carbocycles. The van der Waals surface area contributed by atoms with E-state index < -0.39 is 16.4 Å². The van der Waals surface area contributed by atoms with Crippen LogP contribution in [0.25, 0.3) is 0 Å². The van der Waals surface area contributed by atoms with E-state index in [2.05, 4.69) is 15.3 Å². The van der Waals surface area contributed by atoms with E-state index in [1.807, 2.05) is 13.8 Å². The highest BCUT2D eigenvalue weighted by atomic mass is 32.2. The Labute approximate surface area is 186 Å². The second-order valence-corrected chi connectivity index (χ2v) is 9.52. The summed E-state index contributed by atoms with van der Waals surface area (Å²) in [6, 6.07) is 3.10. The van der Waals surface area contributed by atoms with Gasteiger partial charge in [-0.3, -0.25) is 19.7 Å². The minimum absolute atomic E-state index is 0.00319. The van der Waals surface area contributed by atoms with Crippen molar-refractivity contribution in [3.05, 3.63) is 55.0 Å². The molecule has 2 N–H and O–H groups in total. The molecular formula is C21H20N4O6S. The van der Waals surface area contributed by atoms with E-state index >= 15 is 0 Å². The van der Waals surface area contributed by atoms with Gasteiger partial charge in [0.2, 0.25) is 12.5 Å². The molecule has 0 bridgehead atoms. The van der Waals surface area contributed by atoms with Crippen LogP contribution in [0.15, 0.2) is 33.4 Å². The number of nitro benzene ring substituents is 1. The van der Waals surface area contributed by atoms with E-state index in [9.17, 15) is 19.7 Å². The first-order chi connectivity index (χ1) is 15.2. The van der Waals surface area contributed by atoms with Crippen LogP contribution >= 0.6 is 11.8 Å². The van der Waals surface area contributed by atoms with Crippen LogP contribution in [0.3, 0.4) is 0 Å². The number of ketones is 1. The van der Waals surface area contributed by atoms with Gasteiger partial charge in [-0.2, -0.15) is 0 Å². The van der Waals surface area contributed by atoms with Crippen molar-refractivity contribution in [2.45, 2.75) is 37.8 Å². The molecule has 3 aliphatic rings. The maximum absolute atomic E-state index is 13.3. The summed E-state index contributed by atoms with van der Waals surface area (Å²) in [5.74, 6) is -0.543. The van der Waals surface area contributed by atoms with Gasteiger partial charge < -0.3 is 19.8 Å². The van der Waals surface area contributed by atoms with Crippen LogP contribution in [0.2, 0.25) is 0 Å². The topological polar surface area (TPSA) is 136 Å². The van der Waals surface area contributed by atoms with Gasteiger partial charge in [-0.25, -0.2) is 4.98 Å². The summed E-state index contributed by atoms with van der Waals surface area (Å²) in [4.78, 5) is 45.2. The lowest BCUT2D eigenvalue weighted by atomic mass is 9.69. The lowest BCUT2D eigenvalue weighted by molar-refractivity contribution is -0.386. The lowest BCUT2D eigenvalue weighted by Crippen LogP contribution is -2.37. The molecule has 1 aliphatic carbocycles. The average Bonchev–Trinajstić information content (AvgIpc) is 3.18. The number of ether oxygens (including phenoxy) is 2. The molecule has 1 unspecified atom stereocenters. The average molecular weight is 456 g/mol. The van der Waals surface area contributed by atoms with Gasteiger partial charge in [0.05, 0.1) is 16.4 Å². The van der Waals surface area contributed by atoms with Crippen molar-refractivity contribution in [2.24, 2.45) is 5.41 Å². The van der Waals surface area contributed by atoms with Crippen LogP contribution in [-0.4, -0.2) is 33.7 Å². The van der Waals surface area contributed by atoms with E-state index in [1.165, 1.54) is 17.8 Å². The number of hydrogen-bond donors (Lipinski definition) is 2. The summed E-state index contributed by atoms with van der Waals surface area (Å²) < 4.78 is 10.7. The predicted molar refractivity (Wildman–Crippen MR) is 116 cm³/mol. The van der Waals surface area contributed by atoms with Gasteiger partial charge in [-0.1, -0.05) is 25.6 Å². The molecule has 2 aromatic rings. The SMILES string of the molecule is CSc1nc2c(c(=O)[nH]1)C(c1ccc3c(c1[N+](=O)[O-])OCO3)C1=C(CC(C)(C)CC1=O)N2. The van der Waals surface area contributed by atoms with Gasteiger partial charge in [0.25, 0.3) is 5.56 Å². The Morgan fingerprint density at radius 1 is 1.25 bits per heavy atom. The highest BCUT2D eigenvalue weighted by Crippen LogP contribution is 2.52. The number of aromatic nitrogens is 2. The summed E-state index contributed by atoms with van der Waals surface area (Å²) >= 11 is 1.27. The number of H-pyrrole nitrogens is 1. The normalized spacial score (nSPS) is 20.5. The molecule has 0 fully saturated rings. The molecule has 0 amide bonds. The number of benzene rings is 1. The zero-order valence-electron chi connectivity index (χ0n) is 17.6. The second kappa shape index (κ2) is 7.09. The molecule has 1 atom stereocenters. The van der Waals surface area contributed by atoms with Crippen LogP contribution < -0.4 is 20.3 Å². The summed E-state index contributed by atoms with van der Waals surface area (Å²) in [6.07, 6.45) is 2.60. The number of nitrogens with zero attached hydrogens (tertiary/aromatic N) is 2. The van der Waals surface area contributed by atoms with Crippen molar-refractivity contribution in [3.8, 4) is 11.5 Å². The van der Waals surface area contributed by atoms with Crippen molar-refractivity contribution < 1.29 is 19.2 Å². The molecule has 2 aliphatic heterocycles. The number of rotatable bonds is 3. The summed E-state index contributed by atoms with van der Waals surface area (Å²) in [7, 11) is 0. The highest BCUT2D eigenvalue weighted by molar-refractivity contribution is 7.98. The molecule has 11 heteroatoms. The molecule has 32 heavy (non-hydrogen) atoms. The van der Waals surface area contributed by atoms with Crippen LogP contribution in [0.4, 0.5) is 11.5 Å². The quantitative estimate of drug-likeness (QED) is 0.308. The van der Waals surface area contributed by atoms with Crippen LogP contribution in [0.5, 0.6) is 11.5 Å². The standard InChI is InChI=1S/C21H20N4O6S/c1-21(2)6-10-14(11(26)7-21)13(15-18(22-10)23-20(32-3)24-19(15)27)9-4-5-12-17(31-8-30-12)16(9)25(28)29/h4-5,13H,6-8H2,1-3H3,(H2,22,23,24,27). The minimum Gasteiger partial charge on any atom is -0.453 e. The van der Waals surface area contributed by atoms with Gasteiger partial charge in [0.1, 0.15) is 5.82 Å². The van der Waals surface area contributed by atoms with E-state index in [0.717, 1.165) is 0 Å². The number of nitro groups is 1. The third-order valence-corrected chi connectivity index (χ3v) is 6.51. The molecule has 166 valence electrons. The van der Waals surface area contributed by atoms with E-state index in [1.54, 1.807) is 12.3 Å². The number of aromatic amines is 1. The fraction of sp³-hybridized carbons (Fsp3) is 0.381. The van der Waals surface area contributed by atoms with Gasteiger partial charge in [-0.15, -0.1) is 0 Å². The minimum atomic E-state index is -0.952. The Kier molecular flexibility index (Phi) is 4.55. The number of Topliss-reactive ketones (excluding diaryl/α,β-unsaturated/α-hetero) is 1. The Morgan fingerprint density at radius 2 is 2.03 bits per heavy atom. The Balaban J connectivity index is 1.83. The van der Waals surface area contributed by atoms with Crippen LogP contribution in [0.1, 0.15) is 43.7 Å². The molecular weight excluding hydrogens is 436 g/mol. The van der Waals surface area contributed by atoms with Gasteiger partial charge in [-0.05, 0) is 30.2 Å². The fourth-order valence-electron chi connectivity index (χ4n) is 4.70. The number of carbonyl (C=O) groups excluding carboxylic acids is 1. The number of hydrogen-bond acceptors (Lipinski definition) is 9. The molecule has 0 saturated heterocycles. The van der Waals surface area contributed by atoms with E-state index in [0.29, 0.717) is 28.7 Å². The molecule has 1 aromatic heterocycles. The summed E-state index contributed by atoms with van der Waals surface area (Å²) in [5.41, 5.74) is 0.325. The monoisotopic (exact) mass is 456 g/mol. The van der Waals surface area contributed by atoms with Gasteiger partial charge in [0.15, 0.2) is 16.7 Å². The zero-order chi connectivity index (χ0) is 22.8. The largest absolute Gasteiger partial charge is 0.453 e. The molecule has 0 radical (unpaired) electrons. The number of carbonyl (C=O) groups is 1. The third kappa shape index (κ3) is 3.07. The zero-order valence-corrected chi connectivity index (χ0v) is 18.4. The maximum Gasteiger partial charge on any atom is 0.319 e. The number of fused-ring (bicyclic) bond motifs is 2. The maximum atomic E-state index is 13.3. The number of nitrogens with one attached hydrogen (secondary N) is 2. The van der Waals surface area contributed by atoms with Crippen molar-refractivity contribution in [2.75, 3.05) is 18.4 Å². The molecule has 1 aromatic carbocycles. The van der Waals surface area contributed by atoms with E-state index in [-0.39, 0.29) is 52.7 Å². The number of anilines is 1. The third-order valence-electron chi connectivity index (χ3n) is 5.93. The number of allylic oxidation sites excluding steroid dienone is 2. The predicted octanol–water partition coefficient (Wildman–Crippen LogP) is 3.33. The number of thioether (sulfide) groups is 1. The van der Waals surface area contributed by atoms with E-state index in [4.69, 9.17) is 9.47 Å². The van der Waals surface area contributed by atoms with Crippen molar-refractivity contribution in [3.63, 3.8) is 0 Å². The smallest absolute Gasteiger partial charge is 0.319 e. The Hall–Kier alpha value is -3.34.